The van der Waals surface area contributed by atoms with Crippen LogP contribution in [0.4, 0.5) is 11.5 Å². The summed E-state index contributed by atoms with van der Waals surface area (Å²) in [6, 6.07) is 3.56. The van der Waals surface area contributed by atoms with E-state index >= 15 is 0 Å². The minimum atomic E-state index is -0.300. The molecule has 1 N–H and O–H groups in total. The largest absolute Gasteiger partial charge is 0.357 e. The second-order valence-corrected chi connectivity index (χ2v) is 5.27. The van der Waals surface area contributed by atoms with Gasteiger partial charge >= 0.3 is 0 Å². The zero-order valence-electron chi connectivity index (χ0n) is 12.1. The molecule has 0 unspecified atom stereocenters. The van der Waals surface area contributed by atoms with Crippen LogP contribution in [-0.4, -0.2) is 33.5 Å². The van der Waals surface area contributed by atoms with Crippen molar-refractivity contribution in [1.82, 2.24) is 14.5 Å². The normalized spacial score (nSPS) is 16.0. The predicted molar refractivity (Wildman–Crippen MR) is 81.3 cm³/mol. The number of carbonyl (C=O) groups is 1. The first-order valence-corrected chi connectivity index (χ1v) is 7.23. The van der Waals surface area contributed by atoms with Gasteiger partial charge in [0, 0.05) is 25.5 Å². The number of amides is 1. The molecule has 3 heterocycles. The number of carbonyl (C=O) groups excluding carboxylic acids is 1. The van der Waals surface area contributed by atoms with Gasteiger partial charge in [0.15, 0.2) is 0 Å². The summed E-state index contributed by atoms with van der Waals surface area (Å²) in [4.78, 5) is 22.8. The van der Waals surface area contributed by atoms with Gasteiger partial charge in [-0.25, -0.2) is 9.97 Å². The minimum Gasteiger partial charge on any atom is -0.357 e. The second kappa shape index (κ2) is 5.95. The molecule has 6 heteroatoms. The summed E-state index contributed by atoms with van der Waals surface area (Å²) < 4.78 is 1.77. The summed E-state index contributed by atoms with van der Waals surface area (Å²) in [6.45, 7) is 3.97. The van der Waals surface area contributed by atoms with Gasteiger partial charge in [0.2, 0.25) is 5.91 Å². The molecular formula is C15H19N5O. The number of imidazole rings is 1. The molecule has 1 fully saturated rings. The Hall–Kier alpha value is -2.37. The van der Waals surface area contributed by atoms with E-state index in [1.165, 1.54) is 12.8 Å². The van der Waals surface area contributed by atoms with E-state index in [9.17, 15) is 4.79 Å². The van der Waals surface area contributed by atoms with Crippen LogP contribution in [-0.2, 0) is 4.79 Å². The number of nitrogens with one attached hydrogen (secondary N) is 1. The van der Waals surface area contributed by atoms with Gasteiger partial charge in [-0.1, -0.05) is 0 Å². The number of pyridine rings is 1. The summed E-state index contributed by atoms with van der Waals surface area (Å²) in [5, 5.41) is 2.88. The average molecular weight is 285 g/mol. The van der Waals surface area contributed by atoms with E-state index in [4.69, 9.17) is 0 Å². The van der Waals surface area contributed by atoms with Crippen molar-refractivity contribution in [2.45, 2.75) is 25.8 Å². The van der Waals surface area contributed by atoms with Crippen LogP contribution in [0.15, 0.2) is 37.1 Å². The zero-order valence-corrected chi connectivity index (χ0v) is 12.1. The van der Waals surface area contributed by atoms with Crippen LogP contribution in [0.5, 0.6) is 0 Å². The molecule has 2 aromatic heterocycles. The molecule has 2 aromatic rings. The Kier molecular flexibility index (Phi) is 3.85. The summed E-state index contributed by atoms with van der Waals surface area (Å²) in [5.74, 6) is 0.900. The van der Waals surface area contributed by atoms with E-state index in [0.29, 0.717) is 0 Å². The first kappa shape index (κ1) is 13.6. The van der Waals surface area contributed by atoms with E-state index < -0.39 is 0 Å². The van der Waals surface area contributed by atoms with Crippen molar-refractivity contribution in [3.05, 3.63) is 37.1 Å². The number of anilines is 2. The lowest BCUT2D eigenvalue weighted by Crippen LogP contribution is -2.23. The summed E-state index contributed by atoms with van der Waals surface area (Å²) in [7, 11) is 0. The summed E-state index contributed by atoms with van der Waals surface area (Å²) in [6.07, 6.45) is 9.24. The molecule has 0 saturated carbocycles. The van der Waals surface area contributed by atoms with Crippen LogP contribution in [0.25, 0.3) is 0 Å². The van der Waals surface area contributed by atoms with Crippen LogP contribution < -0.4 is 10.2 Å². The maximum Gasteiger partial charge on any atom is 0.247 e. The molecule has 0 spiro atoms. The molecule has 1 aliphatic heterocycles. The lowest BCUT2D eigenvalue weighted by Gasteiger charge is -2.17. The Bertz CT molecular complexity index is 587. The second-order valence-electron chi connectivity index (χ2n) is 5.27. The monoisotopic (exact) mass is 285 g/mol. The maximum absolute atomic E-state index is 12.2. The van der Waals surface area contributed by atoms with Crippen molar-refractivity contribution in [2.24, 2.45) is 0 Å². The van der Waals surface area contributed by atoms with Crippen LogP contribution in [0, 0.1) is 0 Å². The number of nitrogens with zero attached hydrogens (tertiary/aromatic N) is 4. The molecule has 1 atom stereocenters. The standard InChI is InChI=1S/C15H19N5O/c1-12(20-9-6-16-11-20)15(21)18-13-4-5-14(17-10-13)19-7-2-3-8-19/h4-6,9-12H,2-3,7-8H2,1H3,(H,18,21)/t12-/m1/s1. The molecule has 6 nitrogen and oxygen atoms in total. The van der Waals surface area contributed by atoms with Gasteiger partial charge in [-0.2, -0.15) is 0 Å². The molecular weight excluding hydrogens is 266 g/mol. The first-order chi connectivity index (χ1) is 10.2. The Morgan fingerprint density at radius 3 is 2.76 bits per heavy atom. The van der Waals surface area contributed by atoms with E-state index in [-0.39, 0.29) is 11.9 Å². The van der Waals surface area contributed by atoms with Gasteiger partial charge in [0.05, 0.1) is 18.2 Å². The number of hydrogen-bond donors (Lipinski definition) is 1. The quantitative estimate of drug-likeness (QED) is 0.934. The molecule has 110 valence electrons. The van der Waals surface area contributed by atoms with Crippen molar-refractivity contribution >= 4 is 17.4 Å². The summed E-state index contributed by atoms with van der Waals surface area (Å²) in [5.41, 5.74) is 0.718. The van der Waals surface area contributed by atoms with Crippen LogP contribution in [0.3, 0.4) is 0 Å². The molecule has 0 aromatic carbocycles. The van der Waals surface area contributed by atoms with Gasteiger partial charge < -0.3 is 14.8 Å². The van der Waals surface area contributed by atoms with Gasteiger partial charge in [-0.05, 0) is 31.9 Å². The number of hydrogen-bond acceptors (Lipinski definition) is 4. The lowest BCUT2D eigenvalue weighted by atomic mass is 10.3. The zero-order chi connectivity index (χ0) is 14.7. The topological polar surface area (TPSA) is 63.1 Å². The van der Waals surface area contributed by atoms with Crippen LogP contribution in [0.1, 0.15) is 25.8 Å². The summed E-state index contributed by atoms with van der Waals surface area (Å²) >= 11 is 0. The van der Waals surface area contributed by atoms with Crippen molar-refractivity contribution < 1.29 is 4.79 Å². The Morgan fingerprint density at radius 1 is 1.33 bits per heavy atom. The smallest absolute Gasteiger partial charge is 0.247 e. The van der Waals surface area contributed by atoms with Gasteiger partial charge in [0.1, 0.15) is 11.9 Å². The Morgan fingerprint density at radius 2 is 2.14 bits per heavy atom. The fraction of sp³-hybridized carbons (Fsp3) is 0.400. The van der Waals surface area contributed by atoms with Gasteiger partial charge in [-0.3, -0.25) is 4.79 Å². The predicted octanol–water partition coefficient (Wildman–Crippen LogP) is 2.08. The number of aromatic nitrogens is 3. The molecule has 21 heavy (non-hydrogen) atoms. The van der Waals surface area contributed by atoms with E-state index in [2.05, 4.69) is 20.2 Å². The highest BCUT2D eigenvalue weighted by atomic mass is 16.2. The third kappa shape index (κ3) is 3.04. The number of rotatable bonds is 4. The van der Waals surface area contributed by atoms with Crippen LogP contribution >= 0.6 is 0 Å². The maximum atomic E-state index is 12.2. The Labute approximate surface area is 123 Å². The third-order valence-electron chi connectivity index (χ3n) is 3.80. The molecule has 0 bridgehead atoms. The SMILES string of the molecule is C[C@H](C(=O)Nc1ccc(N2CCCC2)nc1)n1ccnc1. The van der Waals surface area contributed by atoms with Crippen molar-refractivity contribution in [1.29, 1.82) is 0 Å². The Balaban J connectivity index is 1.63. The van der Waals surface area contributed by atoms with E-state index in [1.54, 1.807) is 29.5 Å². The van der Waals surface area contributed by atoms with Crippen LogP contribution in [0.2, 0.25) is 0 Å². The van der Waals surface area contributed by atoms with Crippen molar-refractivity contribution in [3.8, 4) is 0 Å². The fourth-order valence-corrected chi connectivity index (χ4v) is 2.47. The highest BCUT2D eigenvalue weighted by molar-refractivity contribution is 5.93. The average Bonchev–Trinajstić information content (AvgIpc) is 3.20. The lowest BCUT2D eigenvalue weighted by molar-refractivity contribution is -0.118. The molecule has 1 saturated heterocycles. The van der Waals surface area contributed by atoms with E-state index in [0.717, 1.165) is 24.6 Å². The third-order valence-corrected chi connectivity index (χ3v) is 3.80. The minimum absolute atomic E-state index is 0.0799. The molecule has 3 rings (SSSR count). The highest BCUT2D eigenvalue weighted by Crippen LogP contribution is 2.19. The fourth-order valence-electron chi connectivity index (χ4n) is 2.47. The van der Waals surface area contributed by atoms with E-state index in [1.807, 2.05) is 19.1 Å². The molecule has 1 aliphatic rings. The first-order valence-electron chi connectivity index (χ1n) is 7.23. The van der Waals surface area contributed by atoms with Crippen molar-refractivity contribution in [3.63, 3.8) is 0 Å². The van der Waals surface area contributed by atoms with Gasteiger partial charge in [0.25, 0.3) is 0 Å². The molecule has 0 aliphatic carbocycles. The highest BCUT2D eigenvalue weighted by Gasteiger charge is 2.16. The molecule has 1 amide bonds. The van der Waals surface area contributed by atoms with Crippen molar-refractivity contribution in [2.75, 3.05) is 23.3 Å². The van der Waals surface area contributed by atoms with Gasteiger partial charge in [-0.15, -0.1) is 0 Å². The molecule has 0 radical (unpaired) electrons.